The van der Waals surface area contributed by atoms with Crippen molar-refractivity contribution >= 4 is 17.3 Å². The van der Waals surface area contributed by atoms with E-state index in [1.807, 2.05) is 30.1 Å². The van der Waals surface area contributed by atoms with Crippen LogP contribution in [0.1, 0.15) is 15.9 Å². The second kappa shape index (κ2) is 6.06. The van der Waals surface area contributed by atoms with Gasteiger partial charge >= 0.3 is 5.97 Å². The third kappa shape index (κ3) is 3.06. The Balaban J connectivity index is 2.11. The van der Waals surface area contributed by atoms with E-state index in [-0.39, 0.29) is 5.56 Å². The van der Waals surface area contributed by atoms with Gasteiger partial charge in [-0.3, -0.25) is 4.98 Å². The van der Waals surface area contributed by atoms with Gasteiger partial charge in [-0.2, -0.15) is 0 Å². The molecule has 0 atom stereocenters. The molecular formula is C15H17N3O2. The Kier molecular flexibility index (Phi) is 4.20. The number of rotatable bonds is 5. The number of likely N-dealkylation sites (N-methyl/N-ethyl adjacent to an activating group) is 1. The molecule has 2 aromatic rings. The first-order valence-corrected chi connectivity index (χ1v) is 6.31. The van der Waals surface area contributed by atoms with E-state index >= 15 is 0 Å². The second-order valence-corrected chi connectivity index (χ2v) is 4.57. The van der Waals surface area contributed by atoms with Gasteiger partial charge in [0.1, 0.15) is 0 Å². The predicted molar refractivity (Wildman–Crippen MR) is 79.0 cm³/mol. The number of para-hydroxylation sites is 1. The zero-order chi connectivity index (χ0) is 14.5. The molecule has 0 aliphatic carbocycles. The first kappa shape index (κ1) is 13.9. The number of aromatic carboxylic acids is 1. The van der Waals surface area contributed by atoms with Crippen LogP contribution in [0.5, 0.6) is 0 Å². The third-order valence-electron chi connectivity index (χ3n) is 3.21. The minimum atomic E-state index is -1.01. The molecule has 0 bridgehead atoms. The number of carbonyl (C=O) groups is 1. The van der Waals surface area contributed by atoms with Gasteiger partial charge in [0.25, 0.3) is 0 Å². The maximum Gasteiger partial charge on any atom is 0.337 e. The van der Waals surface area contributed by atoms with Crippen molar-refractivity contribution in [3.05, 3.63) is 53.9 Å². The summed E-state index contributed by atoms with van der Waals surface area (Å²) in [6.45, 7) is 0.747. The quantitative estimate of drug-likeness (QED) is 0.813. The fourth-order valence-corrected chi connectivity index (χ4v) is 2.04. The van der Waals surface area contributed by atoms with E-state index in [4.69, 9.17) is 10.8 Å². The molecule has 0 saturated heterocycles. The average Bonchev–Trinajstić information content (AvgIpc) is 2.46. The number of carboxylic acids is 1. The highest BCUT2D eigenvalue weighted by Crippen LogP contribution is 2.25. The van der Waals surface area contributed by atoms with Crippen molar-refractivity contribution in [2.75, 3.05) is 24.2 Å². The Labute approximate surface area is 117 Å². The van der Waals surface area contributed by atoms with Gasteiger partial charge in [-0.05, 0) is 36.2 Å². The molecule has 1 aromatic carbocycles. The molecule has 2 rings (SSSR count). The standard InChI is InChI=1S/C15H17N3O2/c1-18(10-7-11-5-8-17-9-6-11)13-4-2-3-12(14(13)16)15(19)20/h2-6,8-9H,7,10,16H2,1H3,(H,19,20). The van der Waals surface area contributed by atoms with Crippen LogP contribution in [0.4, 0.5) is 11.4 Å². The number of aromatic nitrogens is 1. The summed E-state index contributed by atoms with van der Waals surface area (Å²) in [7, 11) is 1.90. The van der Waals surface area contributed by atoms with Crippen molar-refractivity contribution in [2.45, 2.75) is 6.42 Å². The van der Waals surface area contributed by atoms with Crippen LogP contribution in [0.25, 0.3) is 0 Å². The van der Waals surface area contributed by atoms with Crippen LogP contribution < -0.4 is 10.6 Å². The van der Waals surface area contributed by atoms with Crippen molar-refractivity contribution in [2.24, 2.45) is 0 Å². The van der Waals surface area contributed by atoms with Crippen LogP contribution in [0.3, 0.4) is 0 Å². The van der Waals surface area contributed by atoms with E-state index in [1.165, 1.54) is 11.6 Å². The summed E-state index contributed by atoms with van der Waals surface area (Å²) in [5.74, 6) is -1.01. The molecule has 0 aliphatic rings. The molecule has 0 unspecified atom stereocenters. The van der Waals surface area contributed by atoms with Crippen LogP contribution in [-0.4, -0.2) is 29.7 Å². The highest BCUT2D eigenvalue weighted by molar-refractivity contribution is 5.97. The molecule has 0 saturated carbocycles. The van der Waals surface area contributed by atoms with E-state index < -0.39 is 5.97 Å². The molecule has 0 spiro atoms. The number of pyridine rings is 1. The number of anilines is 2. The molecule has 1 aromatic heterocycles. The van der Waals surface area contributed by atoms with Crippen molar-refractivity contribution in [3.63, 3.8) is 0 Å². The number of nitrogens with two attached hydrogens (primary N) is 1. The maximum atomic E-state index is 11.1. The third-order valence-corrected chi connectivity index (χ3v) is 3.21. The van der Waals surface area contributed by atoms with Gasteiger partial charge in [0.15, 0.2) is 0 Å². The number of nitrogen functional groups attached to an aromatic ring is 1. The highest BCUT2D eigenvalue weighted by Gasteiger charge is 2.13. The Morgan fingerprint density at radius 2 is 2.00 bits per heavy atom. The minimum Gasteiger partial charge on any atom is -0.478 e. The number of nitrogens with zero attached hydrogens (tertiary/aromatic N) is 2. The Morgan fingerprint density at radius 1 is 1.30 bits per heavy atom. The van der Waals surface area contributed by atoms with Gasteiger partial charge in [-0.15, -0.1) is 0 Å². The van der Waals surface area contributed by atoms with E-state index in [0.717, 1.165) is 18.7 Å². The first-order chi connectivity index (χ1) is 9.59. The predicted octanol–water partition coefficient (Wildman–Crippen LogP) is 2.04. The van der Waals surface area contributed by atoms with Gasteiger partial charge in [0.2, 0.25) is 0 Å². The summed E-state index contributed by atoms with van der Waals surface area (Å²) in [6, 6.07) is 8.97. The summed E-state index contributed by atoms with van der Waals surface area (Å²) < 4.78 is 0. The summed E-state index contributed by atoms with van der Waals surface area (Å²) >= 11 is 0. The first-order valence-electron chi connectivity index (χ1n) is 6.31. The largest absolute Gasteiger partial charge is 0.478 e. The Hall–Kier alpha value is -2.56. The van der Waals surface area contributed by atoms with Crippen LogP contribution in [0, 0.1) is 0 Å². The van der Waals surface area contributed by atoms with Crippen LogP contribution in [0.2, 0.25) is 0 Å². The topological polar surface area (TPSA) is 79.5 Å². The lowest BCUT2D eigenvalue weighted by Crippen LogP contribution is -2.22. The van der Waals surface area contributed by atoms with Gasteiger partial charge in [0, 0.05) is 26.0 Å². The maximum absolute atomic E-state index is 11.1. The summed E-state index contributed by atoms with van der Waals surface area (Å²) in [5.41, 5.74) is 8.28. The molecule has 1 heterocycles. The molecule has 5 nitrogen and oxygen atoms in total. The Bertz CT molecular complexity index is 599. The zero-order valence-corrected chi connectivity index (χ0v) is 11.3. The highest BCUT2D eigenvalue weighted by atomic mass is 16.4. The molecule has 0 fully saturated rings. The molecule has 5 heteroatoms. The summed E-state index contributed by atoms with van der Waals surface area (Å²) in [5, 5.41) is 9.07. The monoisotopic (exact) mass is 271 g/mol. The molecule has 3 N–H and O–H groups in total. The number of carboxylic acid groups (broad SMARTS) is 1. The normalized spacial score (nSPS) is 10.2. The number of hydrogen-bond donors (Lipinski definition) is 2. The summed E-state index contributed by atoms with van der Waals surface area (Å²) in [6.07, 6.45) is 4.36. The van der Waals surface area contributed by atoms with E-state index in [9.17, 15) is 4.79 Å². The molecule has 104 valence electrons. The lowest BCUT2D eigenvalue weighted by molar-refractivity contribution is 0.0698. The van der Waals surface area contributed by atoms with Crippen LogP contribution >= 0.6 is 0 Å². The molecule has 0 amide bonds. The molecule has 20 heavy (non-hydrogen) atoms. The van der Waals surface area contributed by atoms with Crippen LogP contribution in [0.15, 0.2) is 42.7 Å². The molecule has 0 aliphatic heterocycles. The summed E-state index contributed by atoms with van der Waals surface area (Å²) in [4.78, 5) is 17.0. The average molecular weight is 271 g/mol. The second-order valence-electron chi connectivity index (χ2n) is 4.57. The van der Waals surface area contributed by atoms with E-state index in [1.54, 1.807) is 18.5 Å². The lowest BCUT2D eigenvalue weighted by Gasteiger charge is -2.21. The van der Waals surface area contributed by atoms with Crippen molar-refractivity contribution in [3.8, 4) is 0 Å². The van der Waals surface area contributed by atoms with Crippen LogP contribution in [-0.2, 0) is 6.42 Å². The SMILES string of the molecule is CN(CCc1ccncc1)c1cccc(C(=O)O)c1N. The van der Waals surface area contributed by atoms with Gasteiger partial charge < -0.3 is 15.7 Å². The number of benzene rings is 1. The van der Waals surface area contributed by atoms with E-state index in [2.05, 4.69) is 4.98 Å². The Morgan fingerprint density at radius 3 is 2.65 bits per heavy atom. The zero-order valence-electron chi connectivity index (χ0n) is 11.3. The number of hydrogen-bond acceptors (Lipinski definition) is 4. The molecule has 0 radical (unpaired) electrons. The minimum absolute atomic E-state index is 0.137. The lowest BCUT2D eigenvalue weighted by atomic mass is 10.1. The van der Waals surface area contributed by atoms with Crippen molar-refractivity contribution in [1.82, 2.24) is 4.98 Å². The van der Waals surface area contributed by atoms with Crippen molar-refractivity contribution < 1.29 is 9.90 Å². The van der Waals surface area contributed by atoms with Gasteiger partial charge in [-0.25, -0.2) is 4.79 Å². The van der Waals surface area contributed by atoms with Crippen molar-refractivity contribution in [1.29, 1.82) is 0 Å². The fourth-order valence-electron chi connectivity index (χ4n) is 2.04. The van der Waals surface area contributed by atoms with Gasteiger partial charge in [-0.1, -0.05) is 6.07 Å². The fraction of sp³-hybridized carbons (Fsp3) is 0.200. The smallest absolute Gasteiger partial charge is 0.337 e. The van der Waals surface area contributed by atoms with E-state index in [0.29, 0.717) is 5.69 Å². The van der Waals surface area contributed by atoms with Gasteiger partial charge in [0.05, 0.1) is 16.9 Å². The molecular weight excluding hydrogens is 254 g/mol.